The Kier molecular flexibility index (Phi) is 3.38. The fourth-order valence-corrected chi connectivity index (χ4v) is 1.74. The number of nitrogens with zero attached hydrogens (tertiary/aromatic N) is 1. The van der Waals surface area contributed by atoms with Gasteiger partial charge in [0, 0.05) is 7.05 Å². The van der Waals surface area contributed by atoms with Crippen molar-refractivity contribution in [3.05, 3.63) is 0 Å². The lowest BCUT2D eigenvalue weighted by Gasteiger charge is -1.99. The summed E-state index contributed by atoms with van der Waals surface area (Å²) in [5.41, 5.74) is 0. The first-order valence-corrected chi connectivity index (χ1v) is 4.93. The molecule has 13 heavy (non-hydrogen) atoms. The number of amides is 1. The van der Waals surface area contributed by atoms with Crippen molar-refractivity contribution in [1.82, 2.24) is 5.32 Å². The van der Waals surface area contributed by atoms with Gasteiger partial charge < -0.3 is 10.1 Å². The molecule has 1 aliphatic heterocycles. The third kappa shape index (κ3) is 2.49. The summed E-state index contributed by atoms with van der Waals surface area (Å²) in [4.78, 5) is 15.0. The van der Waals surface area contributed by atoms with Crippen molar-refractivity contribution in [2.75, 3.05) is 13.0 Å². The molecular weight excluding hydrogens is 196 g/mol. The topological polar surface area (TPSA) is 77.0 Å². The van der Waals surface area contributed by atoms with Crippen LogP contribution < -0.4 is 5.32 Å². The Bertz CT molecular complexity index is 265. The van der Waals surface area contributed by atoms with E-state index in [1.807, 2.05) is 0 Å². The highest BCUT2D eigenvalue weighted by molar-refractivity contribution is 8.01. The summed E-state index contributed by atoms with van der Waals surface area (Å²) in [6.07, 6.45) is -1.05. The summed E-state index contributed by atoms with van der Waals surface area (Å²) >= 11 is 0. The minimum absolute atomic E-state index is 0.108. The second-order valence-corrected chi connectivity index (χ2v) is 3.68. The molecular formula is C6H10N2O4S. The number of hydrogen-bond acceptors (Lipinski definition) is 5. The molecule has 0 radical (unpaired) electrons. The Balaban J connectivity index is 2.59. The van der Waals surface area contributed by atoms with Crippen molar-refractivity contribution in [2.24, 2.45) is 5.16 Å². The lowest BCUT2D eigenvalue weighted by atomic mass is 10.4. The van der Waals surface area contributed by atoms with E-state index in [9.17, 15) is 9.00 Å². The van der Waals surface area contributed by atoms with Crippen LogP contribution in [0, 0.1) is 0 Å². The lowest BCUT2D eigenvalue weighted by Crippen LogP contribution is -2.20. The smallest absolute Gasteiger partial charge is 0.358 e. The van der Waals surface area contributed by atoms with Crippen molar-refractivity contribution < 1.29 is 18.6 Å². The molecule has 0 aromatic rings. The number of rotatable bonds is 1. The van der Waals surface area contributed by atoms with Crippen LogP contribution in [0.4, 0.5) is 4.79 Å². The highest BCUT2D eigenvalue weighted by Crippen LogP contribution is 2.10. The van der Waals surface area contributed by atoms with Gasteiger partial charge in [-0.15, -0.1) is 0 Å². The van der Waals surface area contributed by atoms with Crippen LogP contribution in [0.2, 0.25) is 0 Å². The summed E-state index contributed by atoms with van der Waals surface area (Å²) < 4.78 is 16.1. The van der Waals surface area contributed by atoms with Gasteiger partial charge in [-0.05, 0) is 6.92 Å². The first-order valence-electron chi connectivity index (χ1n) is 3.61. The fourth-order valence-electron chi connectivity index (χ4n) is 0.729. The van der Waals surface area contributed by atoms with Crippen LogP contribution in [-0.2, 0) is 20.4 Å². The van der Waals surface area contributed by atoms with E-state index in [2.05, 4.69) is 15.3 Å². The normalized spacial score (nSPS) is 30.5. The number of oxime groups is 1. The Hall–Kier alpha value is -0.950. The number of carbonyl (C=O) groups is 1. The van der Waals surface area contributed by atoms with Crippen LogP contribution in [0.15, 0.2) is 5.16 Å². The molecule has 1 rings (SSSR count). The van der Waals surface area contributed by atoms with Crippen LogP contribution in [0.25, 0.3) is 0 Å². The average Bonchev–Trinajstić information content (AvgIpc) is 2.43. The summed E-state index contributed by atoms with van der Waals surface area (Å²) in [6, 6.07) is 0. The third-order valence-electron chi connectivity index (χ3n) is 1.43. The quantitative estimate of drug-likeness (QED) is 0.475. The highest BCUT2D eigenvalue weighted by Gasteiger charge is 2.27. The van der Waals surface area contributed by atoms with E-state index in [4.69, 9.17) is 4.74 Å². The zero-order valence-corrected chi connectivity index (χ0v) is 8.09. The molecule has 2 unspecified atom stereocenters. The number of hydrogen-bond donors (Lipinski definition) is 1. The summed E-state index contributed by atoms with van der Waals surface area (Å²) in [7, 11) is 0.124. The molecule has 6 nitrogen and oxygen atoms in total. The second kappa shape index (κ2) is 4.33. The standard InChI is InChI=1S/C6H10N2O4S/c1-4-5(13(10)3-11-4)8-12-6(9)7-2/h4H,3H2,1-2H3,(H,7,9)/b8-5+. The van der Waals surface area contributed by atoms with E-state index in [0.717, 1.165) is 0 Å². The SMILES string of the molecule is CNC(=O)O/N=C1\C(C)OCS1=O. The summed E-state index contributed by atoms with van der Waals surface area (Å²) in [5.74, 6) is 0.108. The van der Waals surface area contributed by atoms with Crippen molar-refractivity contribution in [3.8, 4) is 0 Å². The first-order chi connectivity index (χ1) is 6.15. The molecule has 7 heteroatoms. The van der Waals surface area contributed by atoms with E-state index in [0.29, 0.717) is 0 Å². The molecule has 0 spiro atoms. The van der Waals surface area contributed by atoms with E-state index in [-0.39, 0.29) is 17.1 Å². The van der Waals surface area contributed by atoms with E-state index >= 15 is 0 Å². The monoisotopic (exact) mass is 206 g/mol. The van der Waals surface area contributed by atoms with Gasteiger partial charge in [0.05, 0.1) is 10.8 Å². The summed E-state index contributed by atoms with van der Waals surface area (Å²) in [6.45, 7) is 1.69. The Labute approximate surface area is 77.7 Å². The van der Waals surface area contributed by atoms with E-state index in [1.54, 1.807) is 6.92 Å². The Morgan fingerprint density at radius 3 is 3.00 bits per heavy atom. The van der Waals surface area contributed by atoms with E-state index in [1.165, 1.54) is 7.05 Å². The molecule has 74 valence electrons. The van der Waals surface area contributed by atoms with Gasteiger partial charge in [0.25, 0.3) is 0 Å². The molecule has 1 aliphatic rings. The van der Waals surface area contributed by atoms with Crippen LogP contribution >= 0.6 is 0 Å². The van der Waals surface area contributed by atoms with Gasteiger partial charge in [-0.1, -0.05) is 5.16 Å². The molecule has 1 amide bonds. The lowest BCUT2D eigenvalue weighted by molar-refractivity contribution is 0.145. The van der Waals surface area contributed by atoms with Gasteiger partial charge >= 0.3 is 6.09 Å². The molecule has 0 aromatic carbocycles. The van der Waals surface area contributed by atoms with E-state index < -0.39 is 16.9 Å². The van der Waals surface area contributed by atoms with Crippen LogP contribution in [0.5, 0.6) is 0 Å². The number of ether oxygens (including phenoxy) is 1. The Morgan fingerprint density at radius 1 is 1.85 bits per heavy atom. The molecule has 0 saturated carbocycles. The largest absolute Gasteiger partial charge is 0.433 e. The molecule has 1 N–H and O–H groups in total. The molecule has 1 fully saturated rings. The maximum absolute atomic E-state index is 11.1. The van der Waals surface area contributed by atoms with Crippen LogP contribution in [0.1, 0.15) is 6.92 Å². The van der Waals surface area contributed by atoms with Crippen molar-refractivity contribution in [1.29, 1.82) is 0 Å². The molecule has 1 saturated heterocycles. The van der Waals surface area contributed by atoms with Gasteiger partial charge in [-0.25, -0.2) is 4.79 Å². The van der Waals surface area contributed by atoms with Crippen LogP contribution in [-0.4, -0.2) is 34.4 Å². The molecule has 0 aromatic heterocycles. The van der Waals surface area contributed by atoms with Crippen LogP contribution in [0.3, 0.4) is 0 Å². The molecule has 1 heterocycles. The van der Waals surface area contributed by atoms with Gasteiger partial charge in [0.1, 0.15) is 12.0 Å². The van der Waals surface area contributed by atoms with Gasteiger partial charge in [-0.3, -0.25) is 9.05 Å². The first kappa shape index (κ1) is 10.1. The zero-order chi connectivity index (χ0) is 9.84. The van der Waals surface area contributed by atoms with Crippen molar-refractivity contribution in [2.45, 2.75) is 13.0 Å². The maximum Gasteiger partial charge on any atom is 0.433 e. The van der Waals surface area contributed by atoms with Crippen molar-refractivity contribution in [3.63, 3.8) is 0 Å². The fraction of sp³-hybridized carbons (Fsp3) is 0.667. The molecule has 0 bridgehead atoms. The number of nitrogens with one attached hydrogen (secondary N) is 1. The molecule has 0 aliphatic carbocycles. The maximum atomic E-state index is 11.1. The minimum Gasteiger partial charge on any atom is -0.358 e. The second-order valence-electron chi connectivity index (χ2n) is 2.33. The predicted molar refractivity (Wildman–Crippen MR) is 46.5 cm³/mol. The zero-order valence-electron chi connectivity index (χ0n) is 7.27. The third-order valence-corrected chi connectivity index (χ3v) is 2.65. The highest BCUT2D eigenvalue weighted by atomic mass is 32.2. The summed E-state index contributed by atoms with van der Waals surface area (Å²) in [5, 5.41) is 5.90. The van der Waals surface area contributed by atoms with Crippen molar-refractivity contribution >= 4 is 21.9 Å². The number of carbonyl (C=O) groups excluding carboxylic acids is 1. The average molecular weight is 206 g/mol. The molecule has 2 atom stereocenters. The predicted octanol–water partition coefficient (Wildman–Crippen LogP) is -0.219. The van der Waals surface area contributed by atoms with Gasteiger partial charge in [-0.2, -0.15) is 0 Å². The Morgan fingerprint density at radius 2 is 2.54 bits per heavy atom. The minimum atomic E-state index is -1.29. The van der Waals surface area contributed by atoms with Gasteiger partial charge in [0.15, 0.2) is 5.04 Å². The van der Waals surface area contributed by atoms with Gasteiger partial charge in [0.2, 0.25) is 0 Å².